The maximum atomic E-state index is 12.2. The van der Waals surface area contributed by atoms with Crippen LogP contribution in [0, 0.1) is 5.92 Å². The van der Waals surface area contributed by atoms with Gasteiger partial charge in [-0.05, 0) is 43.0 Å². The molecule has 0 aromatic heterocycles. The van der Waals surface area contributed by atoms with Crippen LogP contribution in [0.4, 0.5) is 13.2 Å². The zero-order valence-electron chi connectivity index (χ0n) is 12.8. The van der Waals surface area contributed by atoms with Gasteiger partial charge in [0.05, 0.1) is 4.90 Å². The van der Waals surface area contributed by atoms with Crippen molar-refractivity contribution >= 4 is 16.0 Å². The lowest BCUT2D eigenvalue weighted by Gasteiger charge is -2.17. The summed E-state index contributed by atoms with van der Waals surface area (Å²) in [6.45, 7) is 0.847. The van der Waals surface area contributed by atoms with E-state index in [9.17, 15) is 31.5 Å². The average molecular weight is 383 g/mol. The lowest BCUT2D eigenvalue weighted by molar-refractivity contribution is -0.274. The van der Waals surface area contributed by atoms with E-state index in [0.29, 0.717) is 19.6 Å². The molecule has 1 fully saturated rings. The Balaban J connectivity index is 2.09. The van der Waals surface area contributed by atoms with Crippen molar-refractivity contribution in [3.05, 3.63) is 24.3 Å². The maximum absolute atomic E-state index is 12.2. The molecule has 1 saturated heterocycles. The molecule has 0 radical (unpaired) electrons. The van der Waals surface area contributed by atoms with Gasteiger partial charge in [0, 0.05) is 13.2 Å². The standard InChI is InChI=1S/C14H16F3NO6S/c15-14(16,17)24-10-1-3-11(4-2-10)25(21,22)18-12(13(19)20)7-9-5-6-23-8-9/h1-4,9,12,18H,5-8H2,(H,19,20)/t9-,12?/m0/s1. The van der Waals surface area contributed by atoms with Crippen molar-refractivity contribution in [3.8, 4) is 5.75 Å². The first-order valence-corrected chi connectivity index (χ1v) is 8.74. The highest BCUT2D eigenvalue weighted by Gasteiger charge is 2.32. The lowest BCUT2D eigenvalue weighted by Crippen LogP contribution is -2.42. The molecule has 140 valence electrons. The third-order valence-corrected chi connectivity index (χ3v) is 5.04. The van der Waals surface area contributed by atoms with Crippen molar-refractivity contribution in [2.75, 3.05) is 13.2 Å². The molecule has 2 atom stereocenters. The molecule has 0 spiro atoms. The molecule has 0 aliphatic carbocycles. The summed E-state index contributed by atoms with van der Waals surface area (Å²) in [5, 5.41) is 9.20. The Morgan fingerprint density at radius 1 is 1.36 bits per heavy atom. The van der Waals surface area contributed by atoms with E-state index in [2.05, 4.69) is 9.46 Å². The van der Waals surface area contributed by atoms with E-state index in [0.717, 1.165) is 24.3 Å². The van der Waals surface area contributed by atoms with Crippen LogP contribution in [-0.2, 0) is 19.6 Å². The van der Waals surface area contributed by atoms with Crippen LogP contribution in [0.5, 0.6) is 5.75 Å². The van der Waals surface area contributed by atoms with Crippen LogP contribution in [0.25, 0.3) is 0 Å². The summed E-state index contributed by atoms with van der Waals surface area (Å²) in [5.74, 6) is -2.00. The van der Waals surface area contributed by atoms with Crippen LogP contribution >= 0.6 is 0 Å². The largest absolute Gasteiger partial charge is 0.573 e. The fourth-order valence-electron chi connectivity index (χ4n) is 2.38. The topological polar surface area (TPSA) is 102 Å². The number of hydrogen-bond acceptors (Lipinski definition) is 5. The van der Waals surface area contributed by atoms with Crippen LogP contribution in [0.15, 0.2) is 29.2 Å². The predicted octanol–water partition coefficient (Wildman–Crippen LogP) is 1.74. The number of alkyl halides is 3. The van der Waals surface area contributed by atoms with Crippen LogP contribution < -0.4 is 9.46 Å². The van der Waals surface area contributed by atoms with Gasteiger partial charge in [0.1, 0.15) is 11.8 Å². The molecule has 0 amide bonds. The number of benzene rings is 1. The second-order valence-corrected chi connectivity index (χ2v) is 7.21. The first-order valence-electron chi connectivity index (χ1n) is 7.25. The molecule has 11 heteroatoms. The molecule has 0 saturated carbocycles. The first-order chi connectivity index (χ1) is 11.6. The number of hydrogen-bond donors (Lipinski definition) is 2. The second kappa shape index (κ2) is 7.58. The molecule has 2 N–H and O–H groups in total. The van der Waals surface area contributed by atoms with E-state index >= 15 is 0 Å². The summed E-state index contributed by atoms with van der Waals surface area (Å²) < 4.78 is 71.6. The smallest absolute Gasteiger partial charge is 0.480 e. The lowest BCUT2D eigenvalue weighted by atomic mass is 10.00. The second-order valence-electron chi connectivity index (χ2n) is 5.50. The number of carboxylic acids is 1. The molecule has 1 aliphatic rings. The van der Waals surface area contributed by atoms with E-state index in [-0.39, 0.29) is 17.2 Å². The van der Waals surface area contributed by atoms with Gasteiger partial charge in [-0.25, -0.2) is 8.42 Å². The number of ether oxygens (including phenoxy) is 2. The molecular weight excluding hydrogens is 367 g/mol. The minimum Gasteiger partial charge on any atom is -0.480 e. The fourth-order valence-corrected chi connectivity index (χ4v) is 3.58. The normalized spacial score (nSPS) is 19.6. The summed E-state index contributed by atoms with van der Waals surface area (Å²) in [6, 6.07) is 2.12. The van der Waals surface area contributed by atoms with Gasteiger partial charge in [-0.15, -0.1) is 13.2 Å². The van der Waals surface area contributed by atoms with Crippen molar-refractivity contribution in [2.45, 2.75) is 30.1 Å². The molecule has 1 heterocycles. The van der Waals surface area contributed by atoms with Gasteiger partial charge in [0.25, 0.3) is 0 Å². The van der Waals surface area contributed by atoms with Crippen molar-refractivity contribution in [1.82, 2.24) is 4.72 Å². The highest BCUT2D eigenvalue weighted by Crippen LogP contribution is 2.24. The van der Waals surface area contributed by atoms with E-state index < -0.39 is 34.1 Å². The molecule has 2 rings (SSSR count). The molecule has 0 bridgehead atoms. The van der Waals surface area contributed by atoms with Gasteiger partial charge < -0.3 is 14.6 Å². The van der Waals surface area contributed by atoms with Gasteiger partial charge in [0.15, 0.2) is 0 Å². The van der Waals surface area contributed by atoms with Gasteiger partial charge in [-0.3, -0.25) is 4.79 Å². The maximum Gasteiger partial charge on any atom is 0.573 e. The molecule has 1 aromatic carbocycles. The van der Waals surface area contributed by atoms with Crippen LogP contribution in [0.1, 0.15) is 12.8 Å². The van der Waals surface area contributed by atoms with Gasteiger partial charge >= 0.3 is 12.3 Å². The molecule has 25 heavy (non-hydrogen) atoms. The summed E-state index contributed by atoms with van der Waals surface area (Å²) >= 11 is 0. The molecule has 1 aliphatic heterocycles. The van der Waals surface area contributed by atoms with Crippen molar-refractivity contribution in [3.63, 3.8) is 0 Å². The number of aliphatic carboxylic acids is 1. The van der Waals surface area contributed by atoms with Gasteiger partial charge in [-0.2, -0.15) is 4.72 Å². The summed E-state index contributed by atoms with van der Waals surface area (Å²) in [5.41, 5.74) is 0. The minimum absolute atomic E-state index is 0.0594. The number of carboxylic acid groups (broad SMARTS) is 1. The molecule has 1 unspecified atom stereocenters. The Kier molecular flexibility index (Phi) is 5.91. The van der Waals surface area contributed by atoms with Gasteiger partial charge in [-0.1, -0.05) is 0 Å². The van der Waals surface area contributed by atoms with E-state index in [1.807, 2.05) is 0 Å². The molecule has 1 aromatic rings. The van der Waals surface area contributed by atoms with Crippen molar-refractivity contribution in [2.24, 2.45) is 5.92 Å². The molecule has 7 nitrogen and oxygen atoms in total. The third-order valence-electron chi connectivity index (χ3n) is 3.56. The monoisotopic (exact) mass is 383 g/mol. The SMILES string of the molecule is O=C(O)C(C[C@@H]1CCOC1)NS(=O)(=O)c1ccc(OC(F)(F)F)cc1. The van der Waals surface area contributed by atoms with Gasteiger partial charge in [0.2, 0.25) is 10.0 Å². The summed E-state index contributed by atoms with van der Waals surface area (Å²) in [4.78, 5) is 10.9. The van der Waals surface area contributed by atoms with Crippen molar-refractivity contribution in [1.29, 1.82) is 0 Å². The Labute approximate surface area is 141 Å². The highest BCUT2D eigenvalue weighted by atomic mass is 32.2. The summed E-state index contributed by atoms with van der Waals surface area (Å²) in [7, 11) is -4.22. The Morgan fingerprint density at radius 2 is 2.00 bits per heavy atom. The van der Waals surface area contributed by atoms with Crippen LogP contribution in [-0.4, -0.2) is 45.1 Å². The number of sulfonamides is 1. The zero-order valence-corrected chi connectivity index (χ0v) is 13.6. The number of halogens is 3. The van der Waals surface area contributed by atoms with E-state index in [1.165, 1.54) is 0 Å². The average Bonchev–Trinajstić information content (AvgIpc) is 2.98. The van der Waals surface area contributed by atoms with Crippen molar-refractivity contribution < 1.29 is 41.0 Å². The Hall–Kier alpha value is -1.85. The predicted molar refractivity (Wildman–Crippen MR) is 78.4 cm³/mol. The Bertz CT molecular complexity index is 698. The Morgan fingerprint density at radius 3 is 2.48 bits per heavy atom. The first kappa shape index (κ1) is 19.5. The third kappa shape index (κ3) is 5.87. The van der Waals surface area contributed by atoms with E-state index in [4.69, 9.17) is 4.74 Å². The van der Waals surface area contributed by atoms with E-state index in [1.54, 1.807) is 0 Å². The number of rotatable bonds is 7. The zero-order chi connectivity index (χ0) is 18.7. The highest BCUT2D eigenvalue weighted by molar-refractivity contribution is 7.89. The van der Waals surface area contributed by atoms with Crippen LogP contribution in [0.2, 0.25) is 0 Å². The molecular formula is C14H16F3NO6S. The summed E-state index contributed by atoms with van der Waals surface area (Å²) in [6.07, 6.45) is -4.20. The number of carbonyl (C=O) groups is 1. The fraction of sp³-hybridized carbons (Fsp3) is 0.500. The minimum atomic E-state index is -4.89. The van der Waals surface area contributed by atoms with Crippen LogP contribution in [0.3, 0.4) is 0 Å². The number of nitrogens with one attached hydrogen (secondary N) is 1. The quantitative estimate of drug-likeness (QED) is 0.744.